The van der Waals surface area contributed by atoms with Gasteiger partial charge in [-0.1, -0.05) is 30.3 Å². The zero-order valence-corrected chi connectivity index (χ0v) is 13.4. The highest BCUT2D eigenvalue weighted by atomic mass is 16.5. The highest BCUT2D eigenvalue weighted by molar-refractivity contribution is 5.78. The van der Waals surface area contributed by atoms with Crippen molar-refractivity contribution in [1.82, 2.24) is 4.90 Å². The molecule has 4 heteroatoms. The maximum Gasteiger partial charge on any atom is 0.261 e. The van der Waals surface area contributed by atoms with Crippen LogP contribution in [0, 0.1) is 11.3 Å². The molecule has 0 atom stereocenters. The van der Waals surface area contributed by atoms with E-state index in [1.807, 2.05) is 50.2 Å². The minimum Gasteiger partial charge on any atom is -0.484 e. The molecule has 0 spiro atoms. The Balaban J connectivity index is 1.96. The van der Waals surface area contributed by atoms with Crippen LogP contribution in [0.5, 0.6) is 5.75 Å². The summed E-state index contributed by atoms with van der Waals surface area (Å²) < 4.78 is 5.54. The maximum absolute atomic E-state index is 12.4. The number of hydrogen-bond acceptors (Lipinski definition) is 3. The molecule has 1 amide bonds. The van der Waals surface area contributed by atoms with Gasteiger partial charge in [0.25, 0.3) is 5.91 Å². The fourth-order valence-corrected chi connectivity index (χ4v) is 2.19. The molecule has 0 aliphatic carbocycles. The fourth-order valence-electron chi connectivity index (χ4n) is 2.19. The monoisotopic (exact) mass is 308 g/mol. The van der Waals surface area contributed by atoms with Crippen molar-refractivity contribution in [3.8, 4) is 11.8 Å². The molecular weight excluding hydrogens is 288 g/mol. The molecule has 23 heavy (non-hydrogen) atoms. The largest absolute Gasteiger partial charge is 0.484 e. The van der Waals surface area contributed by atoms with Gasteiger partial charge in [0, 0.05) is 12.6 Å². The molecule has 0 aromatic heterocycles. The Morgan fingerprint density at radius 1 is 1.13 bits per heavy atom. The Kier molecular flexibility index (Phi) is 5.76. The summed E-state index contributed by atoms with van der Waals surface area (Å²) in [5.41, 5.74) is 1.66. The summed E-state index contributed by atoms with van der Waals surface area (Å²) in [6.45, 7) is 4.52. The second-order valence-corrected chi connectivity index (χ2v) is 5.53. The molecule has 118 valence electrons. The zero-order valence-electron chi connectivity index (χ0n) is 13.4. The van der Waals surface area contributed by atoms with Crippen molar-refractivity contribution in [3.05, 3.63) is 65.7 Å². The van der Waals surface area contributed by atoms with Gasteiger partial charge >= 0.3 is 0 Å². The normalized spacial score (nSPS) is 10.2. The molecule has 0 heterocycles. The van der Waals surface area contributed by atoms with Gasteiger partial charge in [0.15, 0.2) is 6.61 Å². The predicted molar refractivity (Wildman–Crippen MR) is 88.8 cm³/mol. The number of benzene rings is 2. The van der Waals surface area contributed by atoms with Crippen molar-refractivity contribution in [2.75, 3.05) is 6.61 Å². The molecule has 2 aromatic rings. The van der Waals surface area contributed by atoms with Crippen LogP contribution in [0.4, 0.5) is 0 Å². The Hall–Kier alpha value is -2.80. The number of carbonyl (C=O) groups excluding carboxylic acids is 1. The third-order valence-electron chi connectivity index (χ3n) is 3.49. The molecule has 0 N–H and O–H groups in total. The van der Waals surface area contributed by atoms with Gasteiger partial charge in [0.2, 0.25) is 0 Å². The third kappa shape index (κ3) is 4.86. The molecule has 0 unspecified atom stereocenters. The van der Waals surface area contributed by atoms with E-state index in [0.29, 0.717) is 17.9 Å². The lowest BCUT2D eigenvalue weighted by atomic mass is 10.2. The van der Waals surface area contributed by atoms with Gasteiger partial charge in [-0.2, -0.15) is 5.26 Å². The quantitative estimate of drug-likeness (QED) is 0.822. The topological polar surface area (TPSA) is 53.3 Å². The number of amides is 1. The standard InChI is InChI=1S/C19H20N2O2/c1-15(2)21(13-17-6-4-3-5-7-17)19(22)14-23-18-10-8-16(12-20)9-11-18/h3-11,15H,13-14H2,1-2H3. The Morgan fingerprint density at radius 3 is 2.35 bits per heavy atom. The zero-order chi connectivity index (χ0) is 16.7. The van der Waals surface area contributed by atoms with Crippen LogP contribution in [0.2, 0.25) is 0 Å². The summed E-state index contributed by atoms with van der Waals surface area (Å²) in [5.74, 6) is 0.522. The van der Waals surface area contributed by atoms with Gasteiger partial charge in [-0.05, 0) is 43.7 Å². The van der Waals surface area contributed by atoms with Gasteiger partial charge in [0.1, 0.15) is 5.75 Å². The van der Waals surface area contributed by atoms with Crippen molar-refractivity contribution in [2.45, 2.75) is 26.4 Å². The highest BCUT2D eigenvalue weighted by Gasteiger charge is 2.17. The van der Waals surface area contributed by atoms with Crippen LogP contribution in [0.1, 0.15) is 25.0 Å². The minimum absolute atomic E-state index is 0.0170. The molecule has 4 nitrogen and oxygen atoms in total. The Bertz CT molecular complexity index is 673. The maximum atomic E-state index is 12.4. The first-order chi connectivity index (χ1) is 11.1. The van der Waals surface area contributed by atoms with Crippen LogP contribution in [0.25, 0.3) is 0 Å². The van der Waals surface area contributed by atoms with Gasteiger partial charge in [0.05, 0.1) is 11.6 Å². The smallest absolute Gasteiger partial charge is 0.261 e. The van der Waals surface area contributed by atoms with E-state index in [-0.39, 0.29) is 18.6 Å². The SMILES string of the molecule is CC(C)N(Cc1ccccc1)C(=O)COc1ccc(C#N)cc1. The molecule has 0 bridgehead atoms. The average molecular weight is 308 g/mol. The lowest BCUT2D eigenvalue weighted by molar-refractivity contribution is -0.135. The molecule has 0 saturated carbocycles. The highest BCUT2D eigenvalue weighted by Crippen LogP contribution is 2.13. The van der Waals surface area contributed by atoms with Gasteiger partial charge in [-0.3, -0.25) is 4.79 Å². The molecule has 2 aromatic carbocycles. The summed E-state index contributed by atoms with van der Waals surface area (Å²) in [6.07, 6.45) is 0. The van der Waals surface area contributed by atoms with Gasteiger partial charge in [-0.25, -0.2) is 0 Å². The molecule has 0 saturated heterocycles. The van der Waals surface area contributed by atoms with Crippen molar-refractivity contribution in [2.24, 2.45) is 0 Å². The van der Waals surface area contributed by atoms with Crippen LogP contribution in [0.15, 0.2) is 54.6 Å². The van der Waals surface area contributed by atoms with Crippen LogP contribution < -0.4 is 4.74 Å². The molecule has 0 radical (unpaired) electrons. The van der Waals surface area contributed by atoms with Crippen molar-refractivity contribution in [3.63, 3.8) is 0 Å². The summed E-state index contributed by atoms with van der Waals surface area (Å²) in [4.78, 5) is 14.2. The van der Waals surface area contributed by atoms with Crippen LogP contribution in [0.3, 0.4) is 0 Å². The lowest BCUT2D eigenvalue weighted by Crippen LogP contribution is -2.39. The summed E-state index contributed by atoms with van der Waals surface area (Å²) in [5, 5.41) is 8.77. The van der Waals surface area contributed by atoms with Crippen LogP contribution >= 0.6 is 0 Å². The summed E-state index contributed by atoms with van der Waals surface area (Å²) in [6, 6.07) is 18.8. The van der Waals surface area contributed by atoms with Crippen molar-refractivity contribution >= 4 is 5.91 Å². The van der Waals surface area contributed by atoms with E-state index in [1.165, 1.54) is 0 Å². The number of nitriles is 1. The van der Waals surface area contributed by atoms with Gasteiger partial charge < -0.3 is 9.64 Å². The first-order valence-corrected chi connectivity index (χ1v) is 7.56. The number of nitrogens with zero attached hydrogens (tertiary/aromatic N) is 2. The van der Waals surface area contributed by atoms with E-state index in [2.05, 4.69) is 0 Å². The van der Waals surface area contributed by atoms with Gasteiger partial charge in [-0.15, -0.1) is 0 Å². The first kappa shape index (κ1) is 16.6. The molecule has 0 aliphatic heterocycles. The van der Waals surface area contributed by atoms with E-state index in [1.54, 1.807) is 29.2 Å². The van der Waals surface area contributed by atoms with Crippen LogP contribution in [-0.2, 0) is 11.3 Å². The second-order valence-electron chi connectivity index (χ2n) is 5.53. The number of rotatable bonds is 6. The minimum atomic E-state index is -0.0618. The van der Waals surface area contributed by atoms with E-state index in [4.69, 9.17) is 10.00 Å². The molecular formula is C19H20N2O2. The number of hydrogen-bond donors (Lipinski definition) is 0. The van der Waals surface area contributed by atoms with E-state index in [0.717, 1.165) is 5.56 Å². The predicted octanol–water partition coefficient (Wildman–Crippen LogP) is 3.37. The van der Waals surface area contributed by atoms with Crippen molar-refractivity contribution < 1.29 is 9.53 Å². The Labute approximate surface area is 136 Å². The fraction of sp³-hybridized carbons (Fsp3) is 0.263. The third-order valence-corrected chi connectivity index (χ3v) is 3.49. The molecule has 0 aliphatic rings. The van der Waals surface area contributed by atoms with E-state index < -0.39 is 0 Å². The lowest BCUT2D eigenvalue weighted by Gasteiger charge is -2.27. The van der Waals surface area contributed by atoms with E-state index >= 15 is 0 Å². The molecule has 0 fully saturated rings. The second kappa shape index (κ2) is 8.00. The van der Waals surface area contributed by atoms with Crippen LogP contribution in [-0.4, -0.2) is 23.5 Å². The number of carbonyl (C=O) groups is 1. The summed E-state index contributed by atoms with van der Waals surface area (Å²) in [7, 11) is 0. The molecule has 2 rings (SSSR count). The average Bonchev–Trinajstić information content (AvgIpc) is 2.58. The summed E-state index contributed by atoms with van der Waals surface area (Å²) >= 11 is 0. The Morgan fingerprint density at radius 2 is 1.78 bits per heavy atom. The first-order valence-electron chi connectivity index (χ1n) is 7.56. The number of ether oxygens (including phenoxy) is 1. The van der Waals surface area contributed by atoms with E-state index in [9.17, 15) is 4.79 Å². The van der Waals surface area contributed by atoms with Crippen molar-refractivity contribution in [1.29, 1.82) is 5.26 Å².